The van der Waals surface area contributed by atoms with Gasteiger partial charge in [0.2, 0.25) is 0 Å². The van der Waals surface area contributed by atoms with Gasteiger partial charge in [0.25, 0.3) is 0 Å². The fraction of sp³-hybridized carbons (Fsp3) is 0.800. The van der Waals surface area contributed by atoms with Gasteiger partial charge in [-0.15, -0.1) is 0 Å². The van der Waals surface area contributed by atoms with Crippen LogP contribution < -0.4 is 0 Å². The molecule has 1 saturated carbocycles. The van der Waals surface area contributed by atoms with Crippen molar-refractivity contribution in [2.24, 2.45) is 0 Å². The maximum absolute atomic E-state index is 4.44. The van der Waals surface area contributed by atoms with E-state index in [0.717, 1.165) is 32.2 Å². The molecule has 0 spiro atoms. The summed E-state index contributed by atoms with van der Waals surface area (Å²) in [5, 5.41) is 0. The van der Waals surface area contributed by atoms with Gasteiger partial charge in [0.1, 0.15) is 5.82 Å². The molecule has 19 heavy (non-hydrogen) atoms. The Bertz CT molecular complexity index is 368. The number of nitrogens with zero attached hydrogens (tertiary/aromatic N) is 4. The highest BCUT2D eigenvalue weighted by Crippen LogP contribution is 2.22. The molecule has 0 N–H and O–H groups in total. The number of hydrogen-bond acceptors (Lipinski definition) is 3. The summed E-state index contributed by atoms with van der Waals surface area (Å²) in [6.07, 6.45) is 9.57. The average molecular weight is 264 g/mol. The molecular weight excluding hydrogens is 236 g/mol. The Morgan fingerprint density at radius 2 is 2.00 bits per heavy atom. The van der Waals surface area contributed by atoms with Crippen LogP contribution in [0.15, 0.2) is 12.4 Å². The summed E-state index contributed by atoms with van der Waals surface area (Å²) in [6, 6.07) is 0.825. The van der Waals surface area contributed by atoms with E-state index in [1.165, 1.54) is 31.5 Å². The molecule has 1 heterocycles. The maximum Gasteiger partial charge on any atom is 0.122 e. The Hall–Kier alpha value is -0.870. The summed E-state index contributed by atoms with van der Waals surface area (Å²) in [5.74, 6) is 1.17. The monoisotopic (exact) mass is 264 g/mol. The van der Waals surface area contributed by atoms with Gasteiger partial charge in [0.15, 0.2) is 0 Å². The van der Waals surface area contributed by atoms with E-state index >= 15 is 0 Å². The van der Waals surface area contributed by atoms with Crippen molar-refractivity contribution in [2.45, 2.75) is 51.7 Å². The van der Waals surface area contributed by atoms with Gasteiger partial charge in [0.05, 0.1) is 6.54 Å². The lowest BCUT2D eigenvalue weighted by atomic mass is 10.2. The predicted octanol–water partition coefficient (Wildman–Crippen LogP) is 2.21. The molecule has 4 heteroatoms. The summed E-state index contributed by atoms with van der Waals surface area (Å²) in [6.45, 7) is 6.39. The molecule has 1 fully saturated rings. The van der Waals surface area contributed by atoms with Crippen molar-refractivity contribution < 1.29 is 0 Å². The smallest absolute Gasteiger partial charge is 0.122 e. The van der Waals surface area contributed by atoms with Gasteiger partial charge in [-0.2, -0.15) is 0 Å². The normalized spacial score (nSPS) is 16.9. The molecular formula is C15H28N4. The second-order valence-electron chi connectivity index (χ2n) is 5.79. The molecule has 1 aromatic heterocycles. The minimum absolute atomic E-state index is 0.825. The molecule has 1 aliphatic carbocycles. The van der Waals surface area contributed by atoms with Crippen LogP contribution in [-0.2, 0) is 13.1 Å². The standard InChI is InChI=1S/C15H28N4/c1-4-19-10-9-16-15(19)13-17(2)11-12-18(3)14-7-5-6-8-14/h9-10,14H,4-8,11-13H2,1-3H3. The van der Waals surface area contributed by atoms with Gasteiger partial charge in [0, 0.05) is 38.1 Å². The van der Waals surface area contributed by atoms with Crippen molar-refractivity contribution in [3.63, 3.8) is 0 Å². The van der Waals surface area contributed by atoms with Gasteiger partial charge >= 0.3 is 0 Å². The molecule has 1 aromatic rings. The molecule has 4 nitrogen and oxygen atoms in total. The van der Waals surface area contributed by atoms with E-state index < -0.39 is 0 Å². The molecule has 0 aromatic carbocycles. The molecule has 0 amide bonds. The summed E-state index contributed by atoms with van der Waals surface area (Å²) < 4.78 is 2.22. The van der Waals surface area contributed by atoms with Crippen LogP contribution in [0, 0.1) is 0 Å². The average Bonchev–Trinajstić information content (AvgIpc) is 3.06. The molecule has 0 atom stereocenters. The third kappa shape index (κ3) is 4.05. The van der Waals surface area contributed by atoms with E-state index in [9.17, 15) is 0 Å². The zero-order valence-electron chi connectivity index (χ0n) is 12.7. The Morgan fingerprint density at radius 3 is 2.68 bits per heavy atom. The molecule has 0 aliphatic heterocycles. The molecule has 0 radical (unpaired) electrons. The van der Waals surface area contributed by atoms with Gasteiger partial charge < -0.3 is 9.47 Å². The van der Waals surface area contributed by atoms with E-state index in [-0.39, 0.29) is 0 Å². The second-order valence-corrected chi connectivity index (χ2v) is 5.79. The Kier molecular flexibility index (Phi) is 5.40. The number of likely N-dealkylation sites (N-methyl/N-ethyl adjacent to an activating group) is 2. The fourth-order valence-corrected chi connectivity index (χ4v) is 2.96. The van der Waals surface area contributed by atoms with Crippen molar-refractivity contribution >= 4 is 0 Å². The number of hydrogen-bond donors (Lipinski definition) is 0. The third-order valence-corrected chi connectivity index (χ3v) is 4.34. The zero-order valence-corrected chi connectivity index (χ0v) is 12.7. The van der Waals surface area contributed by atoms with Gasteiger partial charge in [-0.3, -0.25) is 4.90 Å². The lowest BCUT2D eigenvalue weighted by Crippen LogP contribution is -2.36. The van der Waals surface area contributed by atoms with Crippen LogP contribution in [-0.4, -0.2) is 52.6 Å². The summed E-state index contributed by atoms with van der Waals surface area (Å²) >= 11 is 0. The van der Waals surface area contributed by atoms with Crippen molar-refractivity contribution in [1.82, 2.24) is 19.4 Å². The van der Waals surface area contributed by atoms with Crippen molar-refractivity contribution in [1.29, 1.82) is 0 Å². The molecule has 0 unspecified atom stereocenters. The minimum atomic E-state index is 0.825. The van der Waals surface area contributed by atoms with E-state index in [0.29, 0.717) is 0 Å². The van der Waals surface area contributed by atoms with Crippen LogP contribution in [0.5, 0.6) is 0 Å². The first-order valence-electron chi connectivity index (χ1n) is 7.59. The van der Waals surface area contributed by atoms with Gasteiger partial charge in [-0.1, -0.05) is 12.8 Å². The SMILES string of the molecule is CCn1ccnc1CN(C)CCN(C)C1CCCC1. The Morgan fingerprint density at radius 1 is 1.26 bits per heavy atom. The zero-order chi connectivity index (χ0) is 13.7. The molecule has 0 bridgehead atoms. The molecule has 1 aliphatic rings. The van der Waals surface area contributed by atoms with E-state index in [4.69, 9.17) is 0 Å². The lowest BCUT2D eigenvalue weighted by Gasteiger charge is -2.26. The van der Waals surface area contributed by atoms with Crippen LogP contribution >= 0.6 is 0 Å². The minimum Gasteiger partial charge on any atom is -0.334 e. The fourth-order valence-electron chi connectivity index (χ4n) is 2.96. The van der Waals surface area contributed by atoms with Crippen molar-refractivity contribution in [3.8, 4) is 0 Å². The molecule has 0 saturated heterocycles. The number of aromatic nitrogens is 2. The highest BCUT2D eigenvalue weighted by Gasteiger charge is 2.19. The number of rotatable bonds is 7. The van der Waals surface area contributed by atoms with E-state index in [2.05, 4.69) is 46.6 Å². The molecule has 2 rings (SSSR count). The highest BCUT2D eigenvalue weighted by molar-refractivity contribution is 4.91. The van der Waals surface area contributed by atoms with Crippen LogP contribution in [0.25, 0.3) is 0 Å². The predicted molar refractivity (Wildman–Crippen MR) is 79.1 cm³/mol. The lowest BCUT2D eigenvalue weighted by molar-refractivity contribution is 0.201. The summed E-state index contributed by atoms with van der Waals surface area (Å²) in [4.78, 5) is 9.35. The van der Waals surface area contributed by atoms with E-state index in [1.807, 2.05) is 6.20 Å². The van der Waals surface area contributed by atoms with Crippen molar-refractivity contribution in [2.75, 3.05) is 27.2 Å². The number of aryl methyl sites for hydroxylation is 1. The summed E-state index contributed by atoms with van der Waals surface area (Å²) in [5.41, 5.74) is 0. The van der Waals surface area contributed by atoms with Crippen LogP contribution in [0.4, 0.5) is 0 Å². The maximum atomic E-state index is 4.44. The largest absolute Gasteiger partial charge is 0.334 e. The molecule has 108 valence electrons. The second kappa shape index (κ2) is 7.06. The van der Waals surface area contributed by atoms with Crippen LogP contribution in [0.1, 0.15) is 38.4 Å². The number of imidazole rings is 1. The topological polar surface area (TPSA) is 24.3 Å². The van der Waals surface area contributed by atoms with Gasteiger partial charge in [-0.25, -0.2) is 4.98 Å². The first-order valence-corrected chi connectivity index (χ1v) is 7.59. The van der Waals surface area contributed by atoms with Crippen LogP contribution in [0.3, 0.4) is 0 Å². The highest BCUT2D eigenvalue weighted by atomic mass is 15.2. The first-order chi connectivity index (χ1) is 9.20. The van der Waals surface area contributed by atoms with Crippen LogP contribution in [0.2, 0.25) is 0 Å². The third-order valence-electron chi connectivity index (χ3n) is 4.34. The van der Waals surface area contributed by atoms with Gasteiger partial charge in [-0.05, 0) is 33.9 Å². The quantitative estimate of drug-likeness (QED) is 0.754. The van der Waals surface area contributed by atoms with E-state index in [1.54, 1.807) is 0 Å². The summed E-state index contributed by atoms with van der Waals surface area (Å²) in [7, 11) is 4.47. The Balaban J connectivity index is 1.73. The Labute approximate surface area is 117 Å². The van der Waals surface area contributed by atoms with Crippen molar-refractivity contribution in [3.05, 3.63) is 18.2 Å². The first kappa shape index (κ1) is 14.5.